The third-order valence-corrected chi connectivity index (χ3v) is 11.6. The van der Waals surface area contributed by atoms with Gasteiger partial charge in [-0.25, -0.2) is 21.6 Å². The van der Waals surface area contributed by atoms with Crippen molar-refractivity contribution in [3.05, 3.63) is 136 Å². The van der Waals surface area contributed by atoms with Crippen LogP contribution >= 0.6 is 11.6 Å². The number of ether oxygens (including phenoxy) is 4. The SMILES string of the molecule is Cc1c(COc2cc(OCc3cccc(S(C)(=O)=O)c3)c(CN(C)CCS(=O)(=O)NC(=O)c3ccccc3)cc2Cl)cccc1-c1ccc2c(c1)OCCO2. The summed E-state index contributed by atoms with van der Waals surface area (Å²) >= 11 is 6.80. The van der Waals surface area contributed by atoms with Crippen LogP contribution in [0.25, 0.3) is 11.1 Å². The fourth-order valence-corrected chi connectivity index (χ4v) is 7.96. The molecule has 0 spiro atoms. The van der Waals surface area contributed by atoms with Crippen molar-refractivity contribution in [1.82, 2.24) is 9.62 Å². The molecule has 288 valence electrons. The predicted octanol–water partition coefficient (Wildman–Crippen LogP) is 6.84. The highest BCUT2D eigenvalue weighted by molar-refractivity contribution is 7.90. The fourth-order valence-electron chi connectivity index (χ4n) is 5.98. The van der Waals surface area contributed by atoms with Gasteiger partial charge in [0, 0.05) is 36.5 Å². The molecule has 5 aromatic rings. The van der Waals surface area contributed by atoms with E-state index in [1.165, 1.54) is 18.2 Å². The lowest BCUT2D eigenvalue weighted by molar-refractivity contribution is 0.0981. The number of carbonyl (C=O) groups excluding carboxylic acids is 1. The molecule has 1 aliphatic heterocycles. The summed E-state index contributed by atoms with van der Waals surface area (Å²) in [6.07, 6.45) is 1.14. The monoisotopic (exact) mass is 804 g/mol. The number of rotatable bonds is 15. The molecule has 1 heterocycles. The van der Waals surface area contributed by atoms with Gasteiger partial charge >= 0.3 is 0 Å². The van der Waals surface area contributed by atoms with Crippen LogP contribution in [0.15, 0.2) is 108 Å². The molecule has 1 amide bonds. The number of sulfonamides is 1. The topological polar surface area (TPSA) is 138 Å². The van der Waals surface area contributed by atoms with Gasteiger partial charge in [0.05, 0.1) is 15.7 Å². The van der Waals surface area contributed by atoms with E-state index in [1.54, 1.807) is 60.5 Å². The van der Waals surface area contributed by atoms with Crippen molar-refractivity contribution < 1.29 is 40.6 Å². The molecule has 1 aliphatic rings. The number of fused-ring (bicyclic) bond motifs is 1. The Balaban J connectivity index is 1.20. The Morgan fingerprint density at radius 2 is 1.53 bits per heavy atom. The Morgan fingerprint density at radius 3 is 2.29 bits per heavy atom. The molecule has 6 rings (SSSR count). The molecule has 1 N–H and O–H groups in total. The average Bonchev–Trinajstić information content (AvgIpc) is 3.16. The highest BCUT2D eigenvalue weighted by atomic mass is 35.5. The van der Waals surface area contributed by atoms with E-state index in [2.05, 4.69) is 4.72 Å². The first-order valence-corrected chi connectivity index (χ1v) is 21.3. The van der Waals surface area contributed by atoms with Crippen molar-refractivity contribution in [1.29, 1.82) is 0 Å². The first-order valence-electron chi connectivity index (χ1n) is 17.4. The van der Waals surface area contributed by atoms with Crippen LogP contribution in [0.4, 0.5) is 0 Å². The molecule has 0 fully saturated rings. The molecule has 11 nitrogen and oxygen atoms in total. The van der Waals surface area contributed by atoms with Gasteiger partial charge in [-0.15, -0.1) is 0 Å². The average molecular weight is 805 g/mol. The highest BCUT2D eigenvalue weighted by Gasteiger charge is 2.20. The van der Waals surface area contributed by atoms with Crippen LogP contribution in [0.5, 0.6) is 23.0 Å². The molecular formula is C41H41ClN2O9S2. The molecule has 0 atom stereocenters. The maximum absolute atomic E-state index is 12.8. The zero-order chi connectivity index (χ0) is 39.2. The zero-order valence-corrected chi connectivity index (χ0v) is 33.0. The van der Waals surface area contributed by atoms with Crippen LogP contribution in [0, 0.1) is 6.92 Å². The van der Waals surface area contributed by atoms with Crippen molar-refractivity contribution in [3.63, 3.8) is 0 Å². The van der Waals surface area contributed by atoms with Gasteiger partial charge in [0.15, 0.2) is 21.3 Å². The summed E-state index contributed by atoms with van der Waals surface area (Å²) in [5.41, 5.74) is 5.47. The van der Waals surface area contributed by atoms with Gasteiger partial charge in [-0.2, -0.15) is 0 Å². The summed E-state index contributed by atoms with van der Waals surface area (Å²) in [5.74, 6) is 1.16. The van der Waals surface area contributed by atoms with E-state index in [4.69, 9.17) is 30.5 Å². The lowest BCUT2D eigenvalue weighted by Gasteiger charge is -2.21. The quantitative estimate of drug-likeness (QED) is 0.120. The van der Waals surface area contributed by atoms with Crippen LogP contribution in [0.2, 0.25) is 5.02 Å². The maximum Gasteiger partial charge on any atom is 0.264 e. The standard InChI is InChI=1S/C41H41ClN2O9S2/c1-28-32(12-8-14-35(28)31-15-16-37-40(23-31)51-19-18-50-37)27-53-39-24-38(52-26-29-9-7-13-34(21-29)54(3,46)47)33(22-36(39)42)25-44(2)17-20-55(48,49)43-41(45)30-10-5-4-6-11-30/h4-16,21-24H,17-20,25-27H2,1-3H3,(H,43,45). The number of hydrogen-bond donors (Lipinski definition) is 1. The third kappa shape index (κ3) is 10.4. The van der Waals surface area contributed by atoms with E-state index in [0.717, 1.165) is 34.3 Å². The molecule has 0 aromatic heterocycles. The van der Waals surface area contributed by atoms with Crippen molar-refractivity contribution >= 4 is 37.4 Å². The number of nitrogens with one attached hydrogen (secondary N) is 1. The van der Waals surface area contributed by atoms with Crippen molar-refractivity contribution in [2.45, 2.75) is 31.6 Å². The highest BCUT2D eigenvalue weighted by Crippen LogP contribution is 2.38. The van der Waals surface area contributed by atoms with E-state index in [1.807, 2.05) is 43.3 Å². The van der Waals surface area contributed by atoms with Crippen molar-refractivity contribution in [3.8, 4) is 34.1 Å². The number of carbonyl (C=O) groups is 1. The third-order valence-electron chi connectivity index (χ3n) is 8.98. The van der Waals surface area contributed by atoms with E-state index >= 15 is 0 Å². The van der Waals surface area contributed by atoms with E-state index in [-0.39, 0.29) is 42.5 Å². The van der Waals surface area contributed by atoms with Crippen molar-refractivity contribution in [2.75, 3.05) is 38.8 Å². The molecule has 0 saturated carbocycles. The minimum atomic E-state index is -3.95. The summed E-state index contributed by atoms with van der Waals surface area (Å²) in [6.45, 7) is 3.60. The lowest BCUT2D eigenvalue weighted by Crippen LogP contribution is -2.36. The maximum atomic E-state index is 12.8. The normalized spacial score (nSPS) is 12.7. The smallest absolute Gasteiger partial charge is 0.264 e. The lowest BCUT2D eigenvalue weighted by atomic mass is 9.96. The number of sulfone groups is 1. The van der Waals surface area contributed by atoms with Crippen LogP contribution in [0.1, 0.15) is 32.6 Å². The Kier molecular flexibility index (Phi) is 12.4. The largest absolute Gasteiger partial charge is 0.488 e. The Hall–Kier alpha value is -5.08. The molecule has 14 heteroatoms. The van der Waals surface area contributed by atoms with Crippen LogP contribution in [0.3, 0.4) is 0 Å². The number of halogens is 1. The second-order valence-electron chi connectivity index (χ2n) is 13.2. The van der Waals surface area contributed by atoms with Gasteiger partial charge in [0.2, 0.25) is 10.0 Å². The summed E-state index contributed by atoms with van der Waals surface area (Å²) < 4.78 is 76.2. The van der Waals surface area contributed by atoms with Crippen LogP contribution in [-0.4, -0.2) is 66.5 Å². The van der Waals surface area contributed by atoms with E-state index < -0.39 is 25.8 Å². The van der Waals surface area contributed by atoms with E-state index in [0.29, 0.717) is 46.6 Å². The minimum Gasteiger partial charge on any atom is -0.488 e. The summed E-state index contributed by atoms with van der Waals surface area (Å²) in [5, 5.41) is 0.318. The first-order chi connectivity index (χ1) is 26.3. The molecule has 0 aliphatic carbocycles. The molecule has 5 aromatic carbocycles. The van der Waals surface area contributed by atoms with Gasteiger partial charge in [-0.05, 0) is 84.3 Å². The van der Waals surface area contributed by atoms with Crippen LogP contribution in [-0.2, 0) is 39.6 Å². The van der Waals surface area contributed by atoms with Gasteiger partial charge < -0.3 is 23.8 Å². The molecular weight excluding hydrogens is 764 g/mol. The number of hydrogen-bond acceptors (Lipinski definition) is 10. The summed E-state index contributed by atoms with van der Waals surface area (Å²) in [4.78, 5) is 14.4. The van der Waals surface area contributed by atoms with E-state index in [9.17, 15) is 21.6 Å². The van der Waals surface area contributed by atoms with Gasteiger partial charge in [0.25, 0.3) is 5.91 Å². The Bertz CT molecular complexity index is 2410. The summed E-state index contributed by atoms with van der Waals surface area (Å²) in [6, 6.07) is 29.9. The number of nitrogens with zero attached hydrogens (tertiary/aromatic N) is 1. The zero-order valence-electron chi connectivity index (χ0n) is 30.6. The second kappa shape index (κ2) is 17.2. The molecule has 0 saturated heterocycles. The first kappa shape index (κ1) is 39.6. The molecule has 0 unspecified atom stereocenters. The van der Waals surface area contributed by atoms with Crippen LogP contribution < -0.4 is 23.7 Å². The minimum absolute atomic E-state index is 0.0394. The number of benzene rings is 5. The van der Waals surface area contributed by atoms with Gasteiger partial charge in [-0.3, -0.25) is 4.79 Å². The van der Waals surface area contributed by atoms with Crippen molar-refractivity contribution in [2.24, 2.45) is 0 Å². The molecule has 0 bridgehead atoms. The van der Waals surface area contributed by atoms with Gasteiger partial charge in [-0.1, -0.05) is 66.2 Å². The Morgan fingerprint density at radius 1 is 0.800 bits per heavy atom. The molecule has 55 heavy (non-hydrogen) atoms. The fraction of sp³-hybridized carbons (Fsp3) is 0.244. The van der Waals surface area contributed by atoms with Gasteiger partial charge in [0.1, 0.15) is 37.9 Å². The Labute approximate surface area is 326 Å². The number of amides is 1. The molecule has 0 radical (unpaired) electrons. The summed E-state index contributed by atoms with van der Waals surface area (Å²) in [7, 11) is -5.64. The predicted molar refractivity (Wildman–Crippen MR) is 211 cm³/mol. The second-order valence-corrected chi connectivity index (χ2v) is 17.5.